The Kier molecular flexibility index (Phi) is 1.63. The highest BCUT2D eigenvalue weighted by Gasteiger charge is 2.43. The van der Waals surface area contributed by atoms with Gasteiger partial charge in [0.1, 0.15) is 11.1 Å². The van der Waals surface area contributed by atoms with Crippen LogP contribution in [0.3, 0.4) is 0 Å². The number of hydrogen-bond donors (Lipinski definition) is 1. The lowest BCUT2D eigenvalue weighted by molar-refractivity contribution is -0.135. The van der Waals surface area contributed by atoms with Gasteiger partial charge in [0.2, 0.25) is 0 Å². The molecule has 1 fully saturated rings. The van der Waals surface area contributed by atoms with E-state index in [0.717, 1.165) is 0 Å². The minimum absolute atomic E-state index is 0.131. The monoisotopic (exact) mass is 203 g/mol. The van der Waals surface area contributed by atoms with E-state index in [9.17, 15) is 13.2 Å². The Labute approximate surface area is 75.6 Å². The molecule has 0 aromatic rings. The zero-order valence-corrected chi connectivity index (χ0v) is 7.62. The molecule has 0 amide bonds. The zero-order chi connectivity index (χ0) is 9.64. The molecule has 2 rings (SSSR count). The molecule has 1 saturated heterocycles. The van der Waals surface area contributed by atoms with Crippen molar-refractivity contribution in [3.05, 3.63) is 11.8 Å². The van der Waals surface area contributed by atoms with Crippen molar-refractivity contribution in [1.82, 2.24) is 4.90 Å². The minimum Gasteiger partial charge on any atom is -0.477 e. The Morgan fingerprint density at radius 2 is 2.31 bits per heavy atom. The van der Waals surface area contributed by atoms with Crippen LogP contribution in [0.5, 0.6) is 0 Å². The summed E-state index contributed by atoms with van der Waals surface area (Å²) >= 11 is 0. The number of sulfone groups is 1. The standard InChI is InChI=1S/C7H9NO4S/c9-7(10)5-2-4-13(11,12)6-1-3-8(5)6/h2,6H,1,3-4H2,(H,9,10). The van der Waals surface area contributed by atoms with Crippen LogP contribution in [0.15, 0.2) is 11.8 Å². The molecule has 2 heterocycles. The maximum Gasteiger partial charge on any atom is 0.351 e. The third-order valence-corrected chi connectivity index (χ3v) is 4.37. The quantitative estimate of drug-likeness (QED) is 0.617. The van der Waals surface area contributed by atoms with Crippen molar-refractivity contribution in [3.63, 3.8) is 0 Å². The van der Waals surface area contributed by atoms with E-state index < -0.39 is 21.2 Å². The highest BCUT2D eigenvalue weighted by atomic mass is 32.2. The fraction of sp³-hybridized carbons (Fsp3) is 0.571. The van der Waals surface area contributed by atoms with Crippen LogP contribution in [-0.4, -0.2) is 42.1 Å². The van der Waals surface area contributed by atoms with Gasteiger partial charge < -0.3 is 10.0 Å². The van der Waals surface area contributed by atoms with Gasteiger partial charge in [-0.05, 0) is 12.5 Å². The van der Waals surface area contributed by atoms with Gasteiger partial charge in [-0.1, -0.05) is 0 Å². The van der Waals surface area contributed by atoms with Crippen LogP contribution in [0.4, 0.5) is 0 Å². The highest BCUT2D eigenvalue weighted by molar-refractivity contribution is 7.92. The molecule has 0 saturated carbocycles. The first kappa shape index (κ1) is 8.55. The van der Waals surface area contributed by atoms with E-state index in [-0.39, 0.29) is 11.4 Å². The summed E-state index contributed by atoms with van der Waals surface area (Å²) in [5, 5.41) is 8.15. The summed E-state index contributed by atoms with van der Waals surface area (Å²) in [4.78, 5) is 12.1. The molecule has 2 aliphatic heterocycles. The second-order valence-electron chi connectivity index (χ2n) is 3.16. The van der Waals surface area contributed by atoms with E-state index in [0.29, 0.717) is 13.0 Å². The summed E-state index contributed by atoms with van der Waals surface area (Å²) in [7, 11) is -3.10. The van der Waals surface area contributed by atoms with Gasteiger partial charge in [-0.2, -0.15) is 0 Å². The van der Waals surface area contributed by atoms with Crippen LogP contribution in [0, 0.1) is 0 Å². The number of rotatable bonds is 1. The normalized spacial score (nSPS) is 30.0. The maximum absolute atomic E-state index is 11.3. The molecule has 0 bridgehead atoms. The SMILES string of the molecule is O=C(O)C1=CCS(=O)(=O)C2CCN12. The third kappa shape index (κ3) is 1.13. The second kappa shape index (κ2) is 2.47. The molecule has 0 aromatic carbocycles. The first-order chi connectivity index (χ1) is 6.02. The van der Waals surface area contributed by atoms with E-state index in [1.165, 1.54) is 11.0 Å². The van der Waals surface area contributed by atoms with E-state index in [1.807, 2.05) is 0 Å². The van der Waals surface area contributed by atoms with Crippen LogP contribution in [0.2, 0.25) is 0 Å². The first-order valence-electron chi connectivity index (χ1n) is 3.94. The van der Waals surface area contributed by atoms with Crippen LogP contribution < -0.4 is 0 Å². The summed E-state index contributed by atoms with van der Waals surface area (Å²) in [6, 6.07) is 0. The minimum atomic E-state index is -3.10. The van der Waals surface area contributed by atoms with E-state index in [1.54, 1.807) is 0 Å². The number of carboxylic acids is 1. The summed E-state index contributed by atoms with van der Waals surface area (Å²) in [5.74, 6) is -1.19. The lowest BCUT2D eigenvalue weighted by Gasteiger charge is -2.44. The largest absolute Gasteiger partial charge is 0.477 e. The van der Waals surface area contributed by atoms with Gasteiger partial charge in [-0.25, -0.2) is 13.2 Å². The molecule has 72 valence electrons. The van der Waals surface area contributed by atoms with E-state index in [2.05, 4.69) is 0 Å². The molecule has 1 atom stereocenters. The van der Waals surface area contributed by atoms with Gasteiger partial charge in [0, 0.05) is 6.54 Å². The number of nitrogens with zero attached hydrogens (tertiary/aromatic N) is 1. The first-order valence-corrected chi connectivity index (χ1v) is 5.65. The van der Waals surface area contributed by atoms with Gasteiger partial charge >= 0.3 is 5.97 Å². The van der Waals surface area contributed by atoms with Crippen LogP contribution >= 0.6 is 0 Å². The molecular weight excluding hydrogens is 194 g/mol. The highest BCUT2D eigenvalue weighted by Crippen LogP contribution is 2.31. The Morgan fingerprint density at radius 1 is 1.62 bits per heavy atom. The molecule has 1 N–H and O–H groups in total. The van der Waals surface area contributed by atoms with Crippen LogP contribution in [0.1, 0.15) is 6.42 Å². The summed E-state index contributed by atoms with van der Waals surface area (Å²) in [6.45, 7) is 0.530. The summed E-state index contributed by atoms with van der Waals surface area (Å²) in [5.41, 5.74) is 0.131. The lowest BCUT2D eigenvalue weighted by atomic mass is 10.2. The van der Waals surface area contributed by atoms with Gasteiger partial charge in [-0.3, -0.25) is 0 Å². The average molecular weight is 203 g/mol. The van der Waals surface area contributed by atoms with E-state index >= 15 is 0 Å². The maximum atomic E-state index is 11.3. The van der Waals surface area contributed by atoms with Crippen molar-refractivity contribution in [2.24, 2.45) is 0 Å². The second-order valence-corrected chi connectivity index (χ2v) is 5.36. The molecule has 2 aliphatic rings. The van der Waals surface area contributed by atoms with Crippen LogP contribution in [0.25, 0.3) is 0 Å². The fourth-order valence-corrected chi connectivity index (χ4v) is 3.33. The molecule has 6 heteroatoms. The fourth-order valence-electron chi connectivity index (χ4n) is 1.65. The molecule has 0 spiro atoms. The Morgan fingerprint density at radius 3 is 2.77 bits per heavy atom. The van der Waals surface area contributed by atoms with Crippen molar-refractivity contribution in [1.29, 1.82) is 0 Å². The molecule has 1 unspecified atom stereocenters. The lowest BCUT2D eigenvalue weighted by Crippen LogP contribution is -2.55. The van der Waals surface area contributed by atoms with Crippen molar-refractivity contribution in [2.45, 2.75) is 11.8 Å². The number of aliphatic carboxylic acids is 1. The van der Waals surface area contributed by atoms with E-state index in [4.69, 9.17) is 5.11 Å². The Bertz CT molecular complexity index is 383. The van der Waals surface area contributed by atoms with Crippen molar-refractivity contribution >= 4 is 15.8 Å². The predicted molar refractivity (Wildman–Crippen MR) is 44.6 cm³/mol. The Hall–Kier alpha value is -1.04. The molecule has 0 radical (unpaired) electrons. The number of hydrogen-bond acceptors (Lipinski definition) is 4. The summed E-state index contributed by atoms with van der Waals surface area (Å²) < 4.78 is 22.7. The van der Waals surface area contributed by atoms with Gasteiger partial charge in [0.25, 0.3) is 0 Å². The third-order valence-electron chi connectivity index (χ3n) is 2.42. The smallest absolute Gasteiger partial charge is 0.351 e. The number of carbonyl (C=O) groups is 1. The van der Waals surface area contributed by atoms with Crippen molar-refractivity contribution < 1.29 is 18.3 Å². The molecular formula is C7H9NO4S. The van der Waals surface area contributed by atoms with Crippen molar-refractivity contribution in [3.8, 4) is 0 Å². The topological polar surface area (TPSA) is 74.7 Å². The molecule has 0 aromatic heterocycles. The zero-order valence-electron chi connectivity index (χ0n) is 6.80. The predicted octanol–water partition coefficient (Wildman–Crippen LogP) is -0.585. The van der Waals surface area contributed by atoms with Gasteiger partial charge in [0.15, 0.2) is 9.84 Å². The van der Waals surface area contributed by atoms with Crippen molar-refractivity contribution in [2.75, 3.05) is 12.3 Å². The average Bonchev–Trinajstić information content (AvgIpc) is 1.90. The Balaban J connectivity index is 2.37. The molecule has 13 heavy (non-hydrogen) atoms. The summed E-state index contributed by atoms with van der Waals surface area (Å²) in [6.07, 6.45) is 1.82. The number of carboxylic acid groups (broad SMARTS) is 1. The van der Waals surface area contributed by atoms with Crippen LogP contribution in [-0.2, 0) is 14.6 Å². The molecule has 0 aliphatic carbocycles. The molecule has 5 nitrogen and oxygen atoms in total. The number of fused-ring (bicyclic) bond motifs is 1. The van der Waals surface area contributed by atoms with Gasteiger partial charge in [0.05, 0.1) is 5.75 Å². The van der Waals surface area contributed by atoms with Gasteiger partial charge in [-0.15, -0.1) is 0 Å².